The molecule has 8 nitrogen and oxygen atoms in total. The van der Waals surface area contributed by atoms with E-state index in [0.717, 1.165) is 11.1 Å². The van der Waals surface area contributed by atoms with Gasteiger partial charge < -0.3 is 9.84 Å². The molecule has 9 heteroatoms. The van der Waals surface area contributed by atoms with Crippen LogP contribution in [0.5, 0.6) is 0 Å². The molecule has 0 saturated carbocycles. The number of anilines is 1. The van der Waals surface area contributed by atoms with Gasteiger partial charge in [-0.15, -0.1) is 0 Å². The average molecular weight is 467 g/mol. The van der Waals surface area contributed by atoms with Gasteiger partial charge in [-0.25, -0.2) is 8.42 Å². The molecule has 1 N–H and O–H groups in total. The van der Waals surface area contributed by atoms with Gasteiger partial charge in [0.05, 0.1) is 17.8 Å². The fourth-order valence-electron chi connectivity index (χ4n) is 3.83. The largest absolute Gasteiger partial charge is 0.355 e. The summed E-state index contributed by atoms with van der Waals surface area (Å²) in [5.41, 5.74) is 2.93. The number of hydrogen-bond donors (Lipinski definition) is 1. The van der Waals surface area contributed by atoms with Gasteiger partial charge in [0, 0.05) is 19.3 Å². The molecular formula is C24H26N4O4S. The summed E-state index contributed by atoms with van der Waals surface area (Å²) in [5.74, 6) is -0.500. The molecule has 1 fully saturated rings. The van der Waals surface area contributed by atoms with Gasteiger partial charge in [-0.1, -0.05) is 41.1 Å². The summed E-state index contributed by atoms with van der Waals surface area (Å²) in [6.45, 7) is 4.04. The number of carbonyl (C=O) groups is 1. The smallest absolute Gasteiger partial charge is 0.248 e. The van der Waals surface area contributed by atoms with Gasteiger partial charge in [0.15, 0.2) is 10.7 Å². The number of carbonyl (C=O) groups excluding carboxylic acids is 1. The quantitative estimate of drug-likeness (QED) is 0.591. The summed E-state index contributed by atoms with van der Waals surface area (Å²) < 4.78 is 33.7. The fraction of sp³-hybridized carbons (Fsp3) is 0.292. The number of rotatable bonds is 6. The molecule has 33 heavy (non-hydrogen) atoms. The van der Waals surface area contributed by atoms with Crippen LogP contribution in [0.1, 0.15) is 35.4 Å². The summed E-state index contributed by atoms with van der Waals surface area (Å²) in [6.07, 6.45) is 7.79. The molecule has 1 atom stereocenters. The molecular weight excluding hydrogens is 440 g/mol. The molecule has 4 rings (SSSR count). The molecule has 3 heterocycles. The topological polar surface area (TPSA) is 105 Å². The zero-order valence-electron chi connectivity index (χ0n) is 18.6. The minimum absolute atomic E-state index is 0.0409. The van der Waals surface area contributed by atoms with E-state index in [1.54, 1.807) is 43.6 Å². The Bertz CT molecular complexity index is 1250. The molecule has 0 radical (unpaired) electrons. The third-order valence-corrected chi connectivity index (χ3v) is 7.64. The molecule has 1 aliphatic heterocycles. The number of benzene rings is 1. The van der Waals surface area contributed by atoms with Crippen LogP contribution in [0.25, 0.3) is 12.2 Å². The van der Waals surface area contributed by atoms with Gasteiger partial charge >= 0.3 is 0 Å². The van der Waals surface area contributed by atoms with Crippen molar-refractivity contribution in [2.45, 2.75) is 31.6 Å². The van der Waals surface area contributed by atoms with Gasteiger partial charge in [-0.3, -0.25) is 9.78 Å². The second-order valence-electron chi connectivity index (χ2n) is 8.14. The molecule has 0 bridgehead atoms. The van der Waals surface area contributed by atoms with E-state index in [-0.39, 0.29) is 23.1 Å². The van der Waals surface area contributed by atoms with Crippen molar-refractivity contribution in [2.24, 2.45) is 5.92 Å². The Hall–Kier alpha value is -3.30. The summed E-state index contributed by atoms with van der Waals surface area (Å²) in [7, 11) is -3.90. The number of sulfonamides is 1. The lowest BCUT2D eigenvalue weighted by atomic mass is 9.99. The highest BCUT2D eigenvalue weighted by Gasteiger charge is 2.36. The summed E-state index contributed by atoms with van der Waals surface area (Å²) in [5, 5.41) is 6.71. The molecule has 1 aromatic carbocycles. The first-order chi connectivity index (χ1) is 15.8. The number of piperidine rings is 1. The highest BCUT2D eigenvalue weighted by atomic mass is 32.2. The molecule has 1 amide bonds. The minimum Gasteiger partial charge on any atom is -0.355 e. The SMILES string of the molecule is Cc1ccc(/C=C/c2onc(C)c2S(=O)(=O)N2CCC[C@@H](C(=O)Nc3cccnc3)C2)cc1. The van der Waals surface area contributed by atoms with E-state index in [1.807, 2.05) is 31.2 Å². The maximum Gasteiger partial charge on any atom is 0.248 e. The van der Waals surface area contributed by atoms with E-state index in [0.29, 0.717) is 30.8 Å². The van der Waals surface area contributed by atoms with E-state index < -0.39 is 15.9 Å². The first-order valence-electron chi connectivity index (χ1n) is 10.8. The van der Waals surface area contributed by atoms with Crippen LogP contribution in [0.3, 0.4) is 0 Å². The van der Waals surface area contributed by atoms with Gasteiger partial charge in [-0.2, -0.15) is 4.31 Å². The minimum atomic E-state index is -3.90. The molecule has 3 aromatic rings. The second-order valence-corrected chi connectivity index (χ2v) is 10.0. The van der Waals surface area contributed by atoms with Crippen LogP contribution >= 0.6 is 0 Å². The van der Waals surface area contributed by atoms with Gasteiger partial charge in [0.25, 0.3) is 0 Å². The third kappa shape index (κ3) is 5.20. The van der Waals surface area contributed by atoms with Gasteiger partial charge in [0.1, 0.15) is 5.69 Å². The zero-order chi connectivity index (χ0) is 23.4. The number of aryl methyl sites for hydroxylation is 2. The van der Waals surface area contributed by atoms with Crippen molar-refractivity contribution >= 4 is 33.8 Å². The Labute approximate surface area is 193 Å². The van der Waals surface area contributed by atoms with Crippen LogP contribution in [0.15, 0.2) is 58.2 Å². The second kappa shape index (κ2) is 9.68. The molecule has 0 unspecified atom stereocenters. The Morgan fingerprint density at radius 1 is 1.18 bits per heavy atom. The van der Waals surface area contributed by atoms with Crippen molar-refractivity contribution in [2.75, 3.05) is 18.4 Å². The summed E-state index contributed by atoms with van der Waals surface area (Å²) >= 11 is 0. The number of aromatic nitrogens is 2. The molecule has 1 saturated heterocycles. The number of amides is 1. The monoisotopic (exact) mass is 466 g/mol. The molecule has 1 aliphatic rings. The van der Waals surface area contributed by atoms with Crippen molar-refractivity contribution in [3.05, 3.63) is 71.4 Å². The highest BCUT2D eigenvalue weighted by Crippen LogP contribution is 2.29. The first-order valence-corrected chi connectivity index (χ1v) is 12.2. The van der Waals surface area contributed by atoms with Crippen molar-refractivity contribution in [3.63, 3.8) is 0 Å². The Kier molecular flexibility index (Phi) is 6.71. The molecule has 0 spiro atoms. The summed E-state index contributed by atoms with van der Waals surface area (Å²) in [6, 6.07) is 11.3. The van der Waals surface area contributed by atoms with Crippen LogP contribution in [0, 0.1) is 19.8 Å². The Morgan fingerprint density at radius 3 is 2.70 bits per heavy atom. The molecule has 2 aromatic heterocycles. The van der Waals surface area contributed by atoms with Crippen molar-refractivity contribution in [1.82, 2.24) is 14.4 Å². The molecule has 172 valence electrons. The number of pyridine rings is 1. The maximum atomic E-state index is 13.5. The van der Waals surface area contributed by atoms with Crippen molar-refractivity contribution in [3.8, 4) is 0 Å². The van der Waals surface area contributed by atoms with Crippen LogP contribution in [-0.4, -0.2) is 41.9 Å². The van der Waals surface area contributed by atoms with Crippen LogP contribution in [0.4, 0.5) is 5.69 Å². The fourth-order valence-corrected chi connectivity index (χ4v) is 5.61. The van der Waals surface area contributed by atoms with Crippen molar-refractivity contribution < 1.29 is 17.7 Å². The van der Waals surface area contributed by atoms with Crippen LogP contribution in [0.2, 0.25) is 0 Å². The lowest BCUT2D eigenvalue weighted by Crippen LogP contribution is -2.43. The molecule has 0 aliphatic carbocycles. The van der Waals surface area contributed by atoms with Crippen LogP contribution in [-0.2, 0) is 14.8 Å². The lowest BCUT2D eigenvalue weighted by Gasteiger charge is -2.31. The van der Waals surface area contributed by atoms with E-state index in [2.05, 4.69) is 15.5 Å². The van der Waals surface area contributed by atoms with Gasteiger partial charge in [0.2, 0.25) is 15.9 Å². The first kappa shape index (κ1) is 22.9. The maximum absolute atomic E-state index is 13.5. The third-order valence-electron chi connectivity index (χ3n) is 5.62. The average Bonchev–Trinajstić information content (AvgIpc) is 3.20. The normalized spacial score (nSPS) is 17.3. The Balaban J connectivity index is 1.53. The summed E-state index contributed by atoms with van der Waals surface area (Å²) in [4.78, 5) is 16.8. The predicted octanol–water partition coefficient (Wildman–Crippen LogP) is 3.90. The van der Waals surface area contributed by atoms with Crippen molar-refractivity contribution in [1.29, 1.82) is 0 Å². The number of nitrogens with one attached hydrogen (secondary N) is 1. The van der Waals surface area contributed by atoms with E-state index in [9.17, 15) is 13.2 Å². The van der Waals surface area contributed by atoms with E-state index in [1.165, 1.54) is 4.31 Å². The van der Waals surface area contributed by atoms with E-state index >= 15 is 0 Å². The Morgan fingerprint density at radius 2 is 1.97 bits per heavy atom. The zero-order valence-corrected chi connectivity index (χ0v) is 19.4. The predicted molar refractivity (Wildman–Crippen MR) is 126 cm³/mol. The number of hydrogen-bond acceptors (Lipinski definition) is 6. The number of nitrogens with zero attached hydrogens (tertiary/aromatic N) is 3. The van der Waals surface area contributed by atoms with Crippen LogP contribution < -0.4 is 5.32 Å². The standard InChI is InChI=1S/C24H26N4O4S/c1-17-7-9-19(10-8-17)11-12-22-23(18(2)27-32-22)33(30,31)28-14-4-5-20(16-28)24(29)26-21-6-3-13-25-15-21/h3,6-13,15,20H,4-5,14,16H2,1-2H3,(H,26,29)/b12-11+/t20-/m1/s1. The van der Waals surface area contributed by atoms with Gasteiger partial charge in [-0.05, 0) is 50.5 Å². The highest BCUT2D eigenvalue weighted by molar-refractivity contribution is 7.89. The lowest BCUT2D eigenvalue weighted by molar-refractivity contribution is -0.120. The van der Waals surface area contributed by atoms with E-state index in [4.69, 9.17) is 4.52 Å².